The van der Waals surface area contributed by atoms with Gasteiger partial charge in [-0.3, -0.25) is 4.79 Å². The molecule has 1 aromatic rings. The van der Waals surface area contributed by atoms with Crippen molar-refractivity contribution < 1.29 is 4.79 Å². The highest BCUT2D eigenvalue weighted by molar-refractivity contribution is 5.78. The Morgan fingerprint density at radius 2 is 1.58 bits per heavy atom. The van der Waals surface area contributed by atoms with Crippen molar-refractivity contribution >= 4 is 5.91 Å². The van der Waals surface area contributed by atoms with Gasteiger partial charge in [-0.05, 0) is 35.8 Å². The Morgan fingerprint density at radius 3 is 2.11 bits per heavy atom. The standard InChI is InChI=1S/C17H27NO/c1-13(2)9-10-18-17(19)12-16-7-5-15(6-8-16)11-14(3)4/h5-8,13-14H,9-12H2,1-4H3,(H,18,19). The molecule has 0 atom stereocenters. The second kappa shape index (κ2) is 7.98. The summed E-state index contributed by atoms with van der Waals surface area (Å²) in [4.78, 5) is 11.7. The summed E-state index contributed by atoms with van der Waals surface area (Å²) in [7, 11) is 0. The van der Waals surface area contributed by atoms with Gasteiger partial charge in [0.1, 0.15) is 0 Å². The van der Waals surface area contributed by atoms with Crippen molar-refractivity contribution in [2.45, 2.75) is 47.0 Å². The van der Waals surface area contributed by atoms with Gasteiger partial charge in [-0.25, -0.2) is 0 Å². The maximum atomic E-state index is 11.7. The molecule has 0 unspecified atom stereocenters. The van der Waals surface area contributed by atoms with Gasteiger partial charge in [0, 0.05) is 6.54 Å². The predicted octanol–water partition coefficient (Wildman–Crippen LogP) is 3.59. The van der Waals surface area contributed by atoms with Gasteiger partial charge in [0.15, 0.2) is 0 Å². The second-order valence-corrected chi connectivity index (χ2v) is 6.12. The van der Waals surface area contributed by atoms with Crippen LogP contribution in [0.4, 0.5) is 0 Å². The Kier molecular flexibility index (Phi) is 6.61. The van der Waals surface area contributed by atoms with Gasteiger partial charge in [-0.2, -0.15) is 0 Å². The van der Waals surface area contributed by atoms with E-state index >= 15 is 0 Å². The molecule has 0 aliphatic heterocycles. The van der Waals surface area contributed by atoms with Crippen molar-refractivity contribution in [2.24, 2.45) is 11.8 Å². The van der Waals surface area contributed by atoms with Crippen LogP contribution in [0.25, 0.3) is 0 Å². The van der Waals surface area contributed by atoms with Gasteiger partial charge in [0.2, 0.25) is 5.91 Å². The zero-order valence-electron chi connectivity index (χ0n) is 12.7. The van der Waals surface area contributed by atoms with Crippen molar-refractivity contribution in [3.05, 3.63) is 35.4 Å². The van der Waals surface area contributed by atoms with E-state index in [0.29, 0.717) is 18.3 Å². The number of amides is 1. The molecule has 1 rings (SSSR count). The fourth-order valence-corrected chi connectivity index (χ4v) is 2.01. The molecule has 1 amide bonds. The SMILES string of the molecule is CC(C)CCNC(=O)Cc1ccc(CC(C)C)cc1. The van der Waals surface area contributed by atoms with Gasteiger partial charge in [-0.1, -0.05) is 52.0 Å². The minimum Gasteiger partial charge on any atom is -0.356 e. The van der Waals surface area contributed by atoms with Crippen molar-refractivity contribution in [1.29, 1.82) is 0 Å². The molecule has 1 aromatic carbocycles. The van der Waals surface area contributed by atoms with Crippen LogP contribution in [0, 0.1) is 11.8 Å². The fourth-order valence-electron chi connectivity index (χ4n) is 2.01. The number of benzene rings is 1. The van der Waals surface area contributed by atoms with Gasteiger partial charge in [0.25, 0.3) is 0 Å². The van der Waals surface area contributed by atoms with Gasteiger partial charge in [0.05, 0.1) is 6.42 Å². The summed E-state index contributed by atoms with van der Waals surface area (Å²) < 4.78 is 0. The Bertz CT molecular complexity index is 379. The lowest BCUT2D eigenvalue weighted by Gasteiger charge is -2.08. The average Bonchev–Trinajstić information content (AvgIpc) is 2.30. The van der Waals surface area contributed by atoms with Crippen LogP contribution in [-0.2, 0) is 17.6 Å². The van der Waals surface area contributed by atoms with E-state index in [2.05, 4.69) is 57.3 Å². The zero-order chi connectivity index (χ0) is 14.3. The van der Waals surface area contributed by atoms with E-state index in [-0.39, 0.29) is 5.91 Å². The minimum atomic E-state index is 0.122. The Morgan fingerprint density at radius 1 is 1.00 bits per heavy atom. The van der Waals surface area contributed by atoms with Crippen LogP contribution in [0.3, 0.4) is 0 Å². The highest BCUT2D eigenvalue weighted by atomic mass is 16.1. The molecule has 0 saturated heterocycles. The molecule has 0 aromatic heterocycles. The van der Waals surface area contributed by atoms with Gasteiger partial charge < -0.3 is 5.32 Å². The van der Waals surface area contributed by atoms with E-state index in [1.807, 2.05) is 0 Å². The third-order valence-electron chi connectivity index (χ3n) is 3.08. The van der Waals surface area contributed by atoms with Crippen LogP contribution in [0.1, 0.15) is 45.2 Å². The summed E-state index contributed by atoms with van der Waals surface area (Å²) in [5.41, 5.74) is 2.44. The lowest BCUT2D eigenvalue weighted by molar-refractivity contribution is -0.120. The molecular formula is C17H27NO. The first-order valence-corrected chi connectivity index (χ1v) is 7.32. The second-order valence-electron chi connectivity index (χ2n) is 6.12. The van der Waals surface area contributed by atoms with Crippen LogP contribution < -0.4 is 5.32 Å². The lowest BCUT2D eigenvalue weighted by atomic mass is 10.0. The topological polar surface area (TPSA) is 29.1 Å². The first-order chi connectivity index (χ1) is 8.97. The molecule has 106 valence electrons. The fraction of sp³-hybridized carbons (Fsp3) is 0.588. The highest BCUT2D eigenvalue weighted by Crippen LogP contribution is 2.10. The highest BCUT2D eigenvalue weighted by Gasteiger charge is 2.04. The first-order valence-electron chi connectivity index (χ1n) is 7.32. The average molecular weight is 261 g/mol. The van der Waals surface area contributed by atoms with Gasteiger partial charge in [-0.15, -0.1) is 0 Å². The molecule has 2 nitrogen and oxygen atoms in total. The maximum absolute atomic E-state index is 11.7. The van der Waals surface area contributed by atoms with E-state index in [9.17, 15) is 4.79 Å². The molecule has 0 saturated carbocycles. The van der Waals surface area contributed by atoms with Crippen LogP contribution in [0.2, 0.25) is 0 Å². The Hall–Kier alpha value is -1.31. The Labute approximate surface area is 117 Å². The van der Waals surface area contributed by atoms with Crippen molar-refractivity contribution in [3.63, 3.8) is 0 Å². The molecular weight excluding hydrogens is 234 g/mol. The van der Waals surface area contributed by atoms with Gasteiger partial charge >= 0.3 is 0 Å². The largest absolute Gasteiger partial charge is 0.356 e. The number of carbonyl (C=O) groups excluding carboxylic acids is 1. The van der Waals surface area contributed by atoms with E-state index < -0.39 is 0 Å². The van der Waals surface area contributed by atoms with Crippen LogP contribution >= 0.6 is 0 Å². The summed E-state index contributed by atoms with van der Waals surface area (Å²) in [5.74, 6) is 1.43. The lowest BCUT2D eigenvalue weighted by Crippen LogP contribution is -2.26. The van der Waals surface area contributed by atoms with Crippen molar-refractivity contribution in [3.8, 4) is 0 Å². The van der Waals surface area contributed by atoms with Crippen LogP contribution in [-0.4, -0.2) is 12.5 Å². The van der Waals surface area contributed by atoms with Crippen LogP contribution in [0.5, 0.6) is 0 Å². The van der Waals surface area contributed by atoms with Crippen molar-refractivity contribution in [1.82, 2.24) is 5.32 Å². The number of hydrogen-bond acceptors (Lipinski definition) is 1. The molecule has 1 N–H and O–H groups in total. The molecule has 0 aliphatic rings. The molecule has 0 heterocycles. The third kappa shape index (κ3) is 7.00. The minimum absolute atomic E-state index is 0.122. The maximum Gasteiger partial charge on any atom is 0.224 e. The molecule has 0 bridgehead atoms. The zero-order valence-corrected chi connectivity index (χ0v) is 12.7. The summed E-state index contributed by atoms with van der Waals surface area (Å²) in [6, 6.07) is 8.41. The summed E-state index contributed by atoms with van der Waals surface area (Å²) in [6.07, 6.45) is 2.62. The quantitative estimate of drug-likeness (QED) is 0.798. The molecule has 0 radical (unpaired) electrons. The van der Waals surface area contributed by atoms with Crippen LogP contribution in [0.15, 0.2) is 24.3 Å². The summed E-state index contributed by atoms with van der Waals surface area (Å²) in [5, 5.41) is 2.97. The molecule has 0 aliphatic carbocycles. The predicted molar refractivity (Wildman–Crippen MR) is 81.2 cm³/mol. The molecule has 0 fully saturated rings. The first kappa shape index (κ1) is 15.7. The molecule has 19 heavy (non-hydrogen) atoms. The number of carbonyl (C=O) groups is 1. The number of hydrogen-bond donors (Lipinski definition) is 1. The normalized spacial score (nSPS) is 11.1. The van der Waals surface area contributed by atoms with E-state index in [1.54, 1.807) is 0 Å². The third-order valence-corrected chi connectivity index (χ3v) is 3.08. The van der Waals surface area contributed by atoms with Crippen molar-refractivity contribution in [2.75, 3.05) is 6.54 Å². The summed E-state index contributed by atoms with van der Waals surface area (Å²) in [6.45, 7) is 9.55. The smallest absolute Gasteiger partial charge is 0.224 e. The monoisotopic (exact) mass is 261 g/mol. The van der Waals surface area contributed by atoms with E-state index in [0.717, 1.165) is 24.9 Å². The number of rotatable bonds is 7. The molecule has 2 heteroatoms. The Balaban J connectivity index is 2.38. The van der Waals surface area contributed by atoms with E-state index in [4.69, 9.17) is 0 Å². The number of nitrogens with one attached hydrogen (secondary N) is 1. The summed E-state index contributed by atoms with van der Waals surface area (Å²) >= 11 is 0. The van der Waals surface area contributed by atoms with E-state index in [1.165, 1.54) is 5.56 Å². The molecule has 0 spiro atoms.